The van der Waals surface area contributed by atoms with Crippen LogP contribution in [0.5, 0.6) is 0 Å². The summed E-state index contributed by atoms with van der Waals surface area (Å²) in [6.07, 6.45) is 17.3. The molecule has 0 aromatic rings. The highest BCUT2D eigenvalue weighted by molar-refractivity contribution is 5.01. The zero-order chi connectivity index (χ0) is 8.65. The Morgan fingerprint density at radius 1 is 1.08 bits per heavy atom. The molecule has 0 unspecified atom stereocenters. The number of hydrogen-bond acceptors (Lipinski definition) is 0. The van der Waals surface area contributed by atoms with Gasteiger partial charge in [-0.25, -0.2) is 0 Å². The van der Waals surface area contributed by atoms with Crippen molar-refractivity contribution in [3.8, 4) is 0 Å². The molecule has 0 nitrogen and oxygen atoms in total. The average Bonchev–Trinajstić information content (AvgIpc) is 2.14. The first-order valence-electron chi connectivity index (χ1n) is 5.21. The summed E-state index contributed by atoms with van der Waals surface area (Å²) in [5.74, 6) is 0.986. The molecule has 1 saturated carbocycles. The highest BCUT2D eigenvalue weighted by atomic mass is 14.2. The minimum atomic E-state index is 0.986. The largest absolute Gasteiger partial charge is 0.0877 e. The molecule has 1 rings (SSSR count). The maximum Gasteiger partial charge on any atom is -0.0319 e. The summed E-state index contributed by atoms with van der Waals surface area (Å²) < 4.78 is 0. The van der Waals surface area contributed by atoms with E-state index in [4.69, 9.17) is 0 Å². The van der Waals surface area contributed by atoms with E-state index >= 15 is 0 Å². The second-order valence-electron chi connectivity index (χ2n) is 3.69. The fraction of sp³-hybridized carbons (Fsp3) is 0.667. The van der Waals surface area contributed by atoms with E-state index in [-0.39, 0.29) is 0 Å². The van der Waals surface area contributed by atoms with Crippen molar-refractivity contribution in [1.29, 1.82) is 0 Å². The summed E-state index contributed by atoms with van der Waals surface area (Å²) in [4.78, 5) is 0. The molecule has 0 aromatic carbocycles. The van der Waals surface area contributed by atoms with Gasteiger partial charge in [0, 0.05) is 0 Å². The molecular weight excluding hydrogens is 144 g/mol. The molecule has 0 aliphatic heterocycles. The summed E-state index contributed by atoms with van der Waals surface area (Å²) >= 11 is 0. The number of hydrogen-bond donors (Lipinski definition) is 0. The minimum Gasteiger partial charge on any atom is -0.0877 e. The first kappa shape index (κ1) is 9.57. The molecule has 0 bridgehead atoms. The van der Waals surface area contributed by atoms with Crippen molar-refractivity contribution in [3.05, 3.63) is 24.3 Å². The third kappa shape index (κ3) is 3.75. The zero-order valence-electron chi connectivity index (χ0n) is 8.13. The second kappa shape index (κ2) is 6.05. The van der Waals surface area contributed by atoms with Crippen LogP contribution in [-0.4, -0.2) is 0 Å². The van der Waals surface area contributed by atoms with Crippen LogP contribution in [0.1, 0.15) is 45.4 Å². The fourth-order valence-electron chi connectivity index (χ4n) is 1.88. The van der Waals surface area contributed by atoms with Gasteiger partial charge in [0.15, 0.2) is 0 Å². The smallest absolute Gasteiger partial charge is 0.0319 e. The Morgan fingerprint density at radius 2 is 1.83 bits per heavy atom. The molecule has 0 amide bonds. The quantitative estimate of drug-likeness (QED) is 0.551. The fourth-order valence-corrected chi connectivity index (χ4v) is 1.88. The van der Waals surface area contributed by atoms with Crippen molar-refractivity contribution in [2.75, 3.05) is 0 Å². The van der Waals surface area contributed by atoms with Crippen molar-refractivity contribution >= 4 is 0 Å². The Kier molecular flexibility index (Phi) is 4.82. The lowest BCUT2D eigenvalue weighted by atomic mass is 9.87. The van der Waals surface area contributed by atoms with Gasteiger partial charge in [-0.2, -0.15) is 0 Å². The molecule has 0 heterocycles. The van der Waals surface area contributed by atoms with Crippen LogP contribution in [-0.2, 0) is 0 Å². The molecule has 1 aliphatic rings. The van der Waals surface area contributed by atoms with Crippen LogP contribution in [0.2, 0.25) is 0 Å². The minimum absolute atomic E-state index is 0.986. The predicted molar refractivity (Wildman–Crippen MR) is 55.1 cm³/mol. The predicted octanol–water partition coefficient (Wildman–Crippen LogP) is 4.09. The van der Waals surface area contributed by atoms with Crippen LogP contribution < -0.4 is 0 Å². The number of allylic oxidation sites excluding steroid dienone is 4. The Hall–Kier alpha value is -0.520. The van der Waals surface area contributed by atoms with E-state index in [0.29, 0.717) is 0 Å². The first-order chi connectivity index (χ1) is 5.93. The molecule has 0 saturated heterocycles. The average molecular weight is 164 g/mol. The first-order valence-corrected chi connectivity index (χ1v) is 5.21. The van der Waals surface area contributed by atoms with Gasteiger partial charge in [0.2, 0.25) is 0 Å². The van der Waals surface area contributed by atoms with Crippen LogP contribution in [0.4, 0.5) is 0 Å². The van der Waals surface area contributed by atoms with Crippen LogP contribution in [0.25, 0.3) is 0 Å². The van der Waals surface area contributed by atoms with Crippen LogP contribution in [0, 0.1) is 5.92 Å². The van der Waals surface area contributed by atoms with E-state index in [9.17, 15) is 0 Å². The molecule has 0 atom stereocenters. The molecule has 0 spiro atoms. The molecule has 68 valence electrons. The Balaban J connectivity index is 2.12. The van der Waals surface area contributed by atoms with Gasteiger partial charge < -0.3 is 0 Å². The van der Waals surface area contributed by atoms with Gasteiger partial charge in [-0.05, 0) is 19.3 Å². The molecule has 12 heavy (non-hydrogen) atoms. The van der Waals surface area contributed by atoms with Gasteiger partial charge in [0.25, 0.3) is 0 Å². The Bertz CT molecular complexity index is 147. The highest BCUT2D eigenvalue weighted by Crippen LogP contribution is 2.26. The summed E-state index contributed by atoms with van der Waals surface area (Å²) in [6.45, 7) is 2.06. The third-order valence-electron chi connectivity index (χ3n) is 2.63. The molecule has 1 fully saturated rings. The third-order valence-corrected chi connectivity index (χ3v) is 2.63. The standard InChI is InChI=1S/C12H20/c1-2-3-4-6-9-12-10-7-5-8-11-12/h2-4,6,12H,5,7-11H2,1H3/b3-2+,6-4+. The van der Waals surface area contributed by atoms with Gasteiger partial charge in [-0.1, -0.05) is 56.4 Å². The maximum absolute atomic E-state index is 2.32. The molecule has 1 aliphatic carbocycles. The molecular formula is C12H20. The maximum atomic E-state index is 2.32. The lowest BCUT2D eigenvalue weighted by Gasteiger charge is -2.19. The Labute approximate surface area is 76.4 Å². The van der Waals surface area contributed by atoms with E-state index < -0.39 is 0 Å². The van der Waals surface area contributed by atoms with Crippen molar-refractivity contribution in [2.45, 2.75) is 45.4 Å². The van der Waals surface area contributed by atoms with Gasteiger partial charge in [-0.15, -0.1) is 0 Å². The van der Waals surface area contributed by atoms with Gasteiger partial charge in [0.1, 0.15) is 0 Å². The van der Waals surface area contributed by atoms with E-state index in [1.54, 1.807) is 0 Å². The van der Waals surface area contributed by atoms with Crippen molar-refractivity contribution in [2.24, 2.45) is 5.92 Å². The monoisotopic (exact) mass is 164 g/mol. The van der Waals surface area contributed by atoms with E-state index in [1.807, 2.05) is 0 Å². The van der Waals surface area contributed by atoms with E-state index in [1.165, 1.54) is 38.5 Å². The molecule has 0 radical (unpaired) electrons. The molecule has 0 aromatic heterocycles. The summed E-state index contributed by atoms with van der Waals surface area (Å²) in [5.41, 5.74) is 0. The zero-order valence-corrected chi connectivity index (χ0v) is 8.13. The normalized spacial score (nSPS) is 21.1. The Morgan fingerprint density at radius 3 is 2.50 bits per heavy atom. The molecule has 0 heteroatoms. The second-order valence-corrected chi connectivity index (χ2v) is 3.69. The summed E-state index contributed by atoms with van der Waals surface area (Å²) in [5, 5.41) is 0. The van der Waals surface area contributed by atoms with Crippen molar-refractivity contribution in [1.82, 2.24) is 0 Å². The lowest BCUT2D eigenvalue weighted by Crippen LogP contribution is -2.04. The van der Waals surface area contributed by atoms with Crippen LogP contribution >= 0.6 is 0 Å². The topological polar surface area (TPSA) is 0 Å². The van der Waals surface area contributed by atoms with Gasteiger partial charge >= 0.3 is 0 Å². The molecule has 0 N–H and O–H groups in total. The van der Waals surface area contributed by atoms with Crippen LogP contribution in [0.15, 0.2) is 24.3 Å². The van der Waals surface area contributed by atoms with E-state index in [0.717, 1.165) is 5.92 Å². The van der Waals surface area contributed by atoms with Gasteiger partial charge in [-0.3, -0.25) is 0 Å². The van der Waals surface area contributed by atoms with Gasteiger partial charge in [0.05, 0.1) is 0 Å². The highest BCUT2D eigenvalue weighted by Gasteiger charge is 2.10. The number of rotatable bonds is 3. The lowest BCUT2D eigenvalue weighted by molar-refractivity contribution is 0.361. The van der Waals surface area contributed by atoms with Crippen LogP contribution in [0.3, 0.4) is 0 Å². The summed E-state index contributed by atoms with van der Waals surface area (Å²) in [7, 11) is 0. The summed E-state index contributed by atoms with van der Waals surface area (Å²) in [6, 6.07) is 0. The van der Waals surface area contributed by atoms with Crippen molar-refractivity contribution < 1.29 is 0 Å². The van der Waals surface area contributed by atoms with Crippen molar-refractivity contribution in [3.63, 3.8) is 0 Å². The van der Waals surface area contributed by atoms with E-state index in [2.05, 4.69) is 31.2 Å². The SMILES string of the molecule is C/C=C/C=C/CC1CCCCC1.